The van der Waals surface area contributed by atoms with E-state index in [0.717, 1.165) is 22.4 Å². The molecule has 1 unspecified atom stereocenters. The molecule has 0 fully saturated rings. The van der Waals surface area contributed by atoms with E-state index in [1.54, 1.807) is 12.1 Å². The maximum Gasteiger partial charge on any atom is 0.453 e. The predicted molar refractivity (Wildman–Crippen MR) is 99.7 cm³/mol. The molecular weight excluding hydrogens is 429 g/mol. The minimum absolute atomic E-state index is 0.217. The average Bonchev–Trinajstić information content (AvgIpc) is 3.44. The second kappa shape index (κ2) is 7.55. The zero-order valence-electron chi connectivity index (χ0n) is 14.5. The van der Waals surface area contributed by atoms with Crippen molar-refractivity contribution in [2.75, 3.05) is 11.6 Å². The van der Waals surface area contributed by atoms with Crippen molar-refractivity contribution in [3.63, 3.8) is 0 Å². The summed E-state index contributed by atoms with van der Waals surface area (Å²) in [6.07, 6.45) is -2.76. The Morgan fingerprint density at radius 2 is 2.17 bits per heavy atom. The normalized spacial score (nSPS) is 17.0. The molecule has 3 aromatic heterocycles. The summed E-state index contributed by atoms with van der Waals surface area (Å²) in [5, 5.41) is 13.9. The number of halogens is 3. The lowest BCUT2D eigenvalue weighted by atomic mass is 10.1. The summed E-state index contributed by atoms with van der Waals surface area (Å²) in [6.45, 7) is 0. The average molecular weight is 442 g/mol. The van der Waals surface area contributed by atoms with Gasteiger partial charge >= 0.3 is 6.18 Å². The number of nitrogens with zero attached hydrogens (tertiary/aromatic N) is 5. The number of furan rings is 1. The monoisotopic (exact) mass is 442 g/mol. The van der Waals surface area contributed by atoms with E-state index in [2.05, 4.69) is 15.3 Å². The first-order valence-electron chi connectivity index (χ1n) is 8.22. The van der Waals surface area contributed by atoms with Crippen LogP contribution in [-0.4, -0.2) is 37.3 Å². The molecule has 0 saturated heterocycles. The van der Waals surface area contributed by atoms with Gasteiger partial charge in [0.05, 0.1) is 22.6 Å². The molecule has 13 heteroatoms. The SMILES string of the molecule is Nn1c(SCC(=O)N2N=C(c3cccs3)CC2c2ccco2)nnc1C(F)(F)F. The number of rotatable bonds is 5. The van der Waals surface area contributed by atoms with Crippen molar-refractivity contribution in [2.45, 2.75) is 23.8 Å². The lowest BCUT2D eigenvalue weighted by Crippen LogP contribution is -2.28. The van der Waals surface area contributed by atoms with Gasteiger partial charge < -0.3 is 10.3 Å². The van der Waals surface area contributed by atoms with Crippen molar-refractivity contribution in [2.24, 2.45) is 5.10 Å². The standard InChI is InChI=1S/C16H13F3N6O2S2/c17-16(18,19)14-21-22-15(24(14)20)29-8-13(26)25-10(11-3-1-5-27-11)7-9(23-25)12-4-2-6-28-12/h1-6,10H,7-8,20H2. The van der Waals surface area contributed by atoms with Crippen molar-refractivity contribution in [3.05, 3.63) is 52.4 Å². The van der Waals surface area contributed by atoms with E-state index in [1.165, 1.54) is 22.6 Å². The molecule has 1 aliphatic heterocycles. The number of thioether (sulfide) groups is 1. The molecule has 0 radical (unpaired) electrons. The van der Waals surface area contributed by atoms with E-state index in [-0.39, 0.29) is 10.9 Å². The lowest BCUT2D eigenvalue weighted by Gasteiger charge is -2.19. The smallest absolute Gasteiger partial charge is 0.453 e. The second-order valence-electron chi connectivity index (χ2n) is 5.96. The minimum Gasteiger partial charge on any atom is -0.467 e. The van der Waals surface area contributed by atoms with Gasteiger partial charge in [0.15, 0.2) is 0 Å². The van der Waals surface area contributed by atoms with Crippen molar-refractivity contribution in [1.82, 2.24) is 19.9 Å². The molecule has 1 aliphatic rings. The number of hydrazone groups is 1. The Labute approximate surface area is 170 Å². The minimum atomic E-state index is -4.73. The van der Waals surface area contributed by atoms with Gasteiger partial charge in [-0.1, -0.05) is 17.8 Å². The number of alkyl halides is 3. The molecule has 4 heterocycles. The van der Waals surface area contributed by atoms with E-state index in [9.17, 15) is 18.0 Å². The summed E-state index contributed by atoms with van der Waals surface area (Å²) in [6, 6.07) is 6.82. The van der Waals surface area contributed by atoms with Crippen LogP contribution in [0.25, 0.3) is 0 Å². The second-order valence-corrected chi connectivity index (χ2v) is 7.85. The Hall–Kier alpha value is -2.80. The fraction of sp³-hybridized carbons (Fsp3) is 0.250. The molecule has 0 aliphatic carbocycles. The summed E-state index contributed by atoms with van der Waals surface area (Å²) in [4.78, 5) is 13.7. The van der Waals surface area contributed by atoms with Gasteiger partial charge in [-0.15, -0.1) is 21.5 Å². The first kappa shape index (κ1) is 19.5. The predicted octanol–water partition coefficient (Wildman–Crippen LogP) is 3.14. The number of amides is 1. The quantitative estimate of drug-likeness (QED) is 0.481. The summed E-state index contributed by atoms with van der Waals surface area (Å²) < 4.78 is 44.1. The van der Waals surface area contributed by atoms with Crippen LogP contribution < -0.4 is 5.84 Å². The third-order valence-corrected chi connectivity index (χ3v) is 5.93. The Morgan fingerprint density at radius 1 is 1.34 bits per heavy atom. The van der Waals surface area contributed by atoms with E-state index >= 15 is 0 Å². The largest absolute Gasteiger partial charge is 0.467 e. The molecule has 152 valence electrons. The maximum atomic E-state index is 12.8. The fourth-order valence-corrected chi connectivity index (χ4v) is 4.23. The number of carbonyl (C=O) groups is 1. The number of thiophene rings is 1. The highest BCUT2D eigenvalue weighted by atomic mass is 32.2. The summed E-state index contributed by atoms with van der Waals surface area (Å²) in [5.74, 6) is 4.01. The van der Waals surface area contributed by atoms with Crippen LogP contribution in [0.3, 0.4) is 0 Å². The van der Waals surface area contributed by atoms with Gasteiger partial charge in [0.2, 0.25) is 5.16 Å². The van der Waals surface area contributed by atoms with Crippen LogP contribution in [0, 0.1) is 0 Å². The van der Waals surface area contributed by atoms with Gasteiger partial charge in [-0.2, -0.15) is 18.3 Å². The highest BCUT2D eigenvalue weighted by Crippen LogP contribution is 2.35. The molecular formula is C16H13F3N6O2S2. The van der Waals surface area contributed by atoms with Crippen molar-refractivity contribution >= 4 is 34.7 Å². The number of nitrogens with two attached hydrogens (primary N) is 1. The Balaban J connectivity index is 1.52. The van der Waals surface area contributed by atoms with Crippen molar-refractivity contribution < 1.29 is 22.4 Å². The van der Waals surface area contributed by atoms with E-state index in [0.29, 0.717) is 16.9 Å². The highest BCUT2D eigenvalue weighted by molar-refractivity contribution is 7.99. The van der Waals surface area contributed by atoms with E-state index in [4.69, 9.17) is 10.3 Å². The van der Waals surface area contributed by atoms with Crippen LogP contribution in [0.2, 0.25) is 0 Å². The van der Waals surface area contributed by atoms with Gasteiger partial charge in [-0.3, -0.25) is 4.79 Å². The molecule has 0 saturated carbocycles. The lowest BCUT2D eigenvalue weighted by molar-refractivity contribution is -0.146. The van der Waals surface area contributed by atoms with Crippen LogP contribution >= 0.6 is 23.1 Å². The molecule has 4 rings (SSSR count). The van der Waals surface area contributed by atoms with Gasteiger partial charge in [0.1, 0.15) is 11.8 Å². The molecule has 8 nitrogen and oxygen atoms in total. The third kappa shape index (κ3) is 3.87. The van der Waals surface area contributed by atoms with Gasteiger partial charge in [-0.25, -0.2) is 9.69 Å². The summed E-state index contributed by atoms with van der Waals surface area (Å²) in [7, 11) is 0. The Morgan fingerprint density at radius 3 is 2.79 bits per heavy atom. The molecule has 3 aromatic rings. The number of hydrogen-bond donors (Lipinski definition) is 1. The van der Waals surface area contributed by atoms with Gasteiger partial charge in [0.25, 0.3) is 11.7 Å². The Kier molecular flexibility index (Phi) is 5.08. The molecule has 1 atom stereocenters. The Bertz CT molecular complexity index is 1030. The van der Waals surface area contributed by atoms with Crippen LogP contribution in [0.1, 0.15) is 28.9 Å². The first-order chi connectivity index (χ1) is 13.8. The van der Waals surface area contributed by atoms with Crippen LogP contribution in [0.5, 0.6) is 0 Å². The molecule has 1 amide bonds. The van der Waals surface area contributed by atoms with Crippen LogP contribution in [-0.2, 0) is 11.0 Å². The van der Waals surface area contributed by atoms with Crippen LogP contribution in [0.4, 0.5) is 13.2 Å². The number of carbonyl (C=O) groups excluding carboxylic acids is 1. The molecule has 0 aromatic carbocycles. The third-order valence-electron chi connectivity index (χ3n) is 4.09. The van der Waals surface area contributed by atoms with E-state index < -0.39 is 23.9 Å². The highest BCUT2D eigenvalue weighted by Gasteiger charge is 2.39. The summed E-state index contributed by atoms with van der Waals surface area (Å²) >= 11 is 2.25. The number of nitrogen functional groups attached to an aromatic ring is 1. The summed E-state index contributed by atoms with van der Waals surface area (Å²) in [5.41, 5.74) is 0.737. The van der Waals surface area contributed by atoms with Crippen molar-refractivity contribution in [3.8, 4) is 0 Å². The topological polar surface area (TPSA) is 103 Å². The molecule has 0 spiro atoms. The number of hydrogen-bond acceptors (Lipinski definition) is 8. The van der Waals surface area contributed by atoms with E-state index in [1.807, 2.05) is 17.5 Å². The number of aromatic nitrogens is 3. The molecule has 29 heavy (non-hydrogen) atoms. The van der Waals surface area contributed by atoms with Crippen molar-refractivity contribution in [1.29, 1.82) is 0 Å². The first-order valence-corrected chi connectivity index (χ1v) is 10.1. The molecule has 2 N–H and O–H groups in total. The van der Waals surface area contributed by atoms with Crippen LogP contribution in [0.15, 0.2) is 50.6 Å². The fourth-order valence-electron chi connectivity index (χ4n) is 2.80. The zero-order chi connectivity index (χ0) is 20.6. The van der Waals surface area contributed by atoms with Gasteiger partial charge in [0, 0.05) is 6.42 Å². The van der Waals surface area contributed by atoms with Gasteiger partial charge in [-0.05, 0) is 23.6 Å². The maximum absolute atomic E-state index is 12.8. The molecule has 0 bridgehead atoms. The zero-order valence-corrected chi connectivity index (χ0v) is 16.2.